The molecule has 0 fully saturated rings. The van der Waals surface area contributed by atoms with E-state index in [0.29, 0.717) is 11.3 Å². The number of anilines is 2. The lowest BCUT2D eigenvalue weighted by Gasteiger charge is -2.16. The van der Waals surface area contributed by atoms with Gasteiger partial charge in [0, 0.05) is 25.2 Å². The summed E-state index contributed by atoms with van der Waals surface area (Å²) in [5.41, 5.74) is 10.7. The fourth-order valence-electron chi connectivity index (χ4n) is 2.30. The van der Waals surface area contributed by atoms with E-state index in [1.54, 1.807) is 0 Å². The van der Waals surface area contributed by atoms with Gasteiger partial charge >= 0.3 is 0 Å². The van der Waals surface area contributed by atoms with E-state index in [2.05, 4.69) is 20.9 Å². The summed E-state index contributed by atoms with van der Waals surface area (Å²) in [4.78, 5) is 14.9. The summed E-state index contributed by atoms with van der Waals surface area (Å²) in [7, 11) is 3.91. The molecule has 3 aromatic rings. The van der Waals surface area contributed by atoms with E-state index in [1.807, 2.05) is 49.3 Å². The highest BCUT2D eigenvalue weighted by molar-refractivity contribution is 5.95. The van der Waals surface area contributed by atoms with Crippen LogP contribution in [0.15, 0.2) is 36.7 Å². The van der Waals surface area contributed by atoms with Crippen LogP contribution in [0.4, 0.5) is 11.5 Å². The summed E-state index contributed by atoms with van der Waals surface area (Å²) in [6, 6.07) is 9.66. The molecule has 0 aliphatic heterocycles. The Morgan fingerprint density at radius 2 is 1.95 bits per heavy atom. The minimum atomic E-state index is 0.364. The number of nitrogens with zero attached hydrogens (tertiary/aromatic N) is 4. The minimum Gasteiger partial charge on any atom is -0.382 e. The van der Waals surface area contributed by atoms with Gasteiger partial charge in [0.25, 0.3) is 0 Å². The molecule has 108 valence electrons. The van der Waals surface area contributed by atoms with E-state index >= 15 is 0 Å². The predicted molar refractivity (Wildman–Crippen MR) is 89.4 cm³/mol. The van der Waals surface area contributed by atoms with Crippen LogP contribution in [0.5, 0.6) is 0 Å². The van der Waals surface area contributed by atoms with Crippen molar-refractivity contribution < 1.29 is 0 Å². The summed E-state index contributed by atoms with van der Waals surface area (Å²) < 4.78 is 0. The molecule has 0 saturated carbocycles. The molecule has 1 aromatic carbocycles. The van der Waals surface area contributed by atoms with Crippen molar-refractivity contribution in [2.75, 3.05) is 24.7 Å². The van der Waals surface area contributed by atoms with Crippen molar-refractivity contribution in [3.05, 3.63) is 42.2 Å². The average molecular weight is 289 g/mol. The number of benzene rings is 1. The van der Waals surface area contributed by atoms with E-state index < -0.39 is 0 Å². The maximum absolute atomic E-state index is 5.96. The normalized spacial score (nSPS) is 10.4. The van der Waals surface area contributed by atoms with Gasteiger partial charge in [-0.15, -0.1) is 6.42 Å². The fourth-order valence-corrected chi connectivity index (χ4v) is 2.30. The number of hydrogen-bond acceptors (Lipinski definition) is 5. The molecule has 2 heterocycles. The summed E-state index contributed by atoms with van der Waals surface area (Å²) in [5.74, 6) is 3.00. The Hall–Kier alpha value is -3.13. The standard InChI is InChI=1S/C17H15N5/c1-4-11-6-5-7-12(8-11)13-9-14(22(2)3)15-16(21-13)17(18)20-10-19-15/h1,5-10H,2-3H3,(H2,18,19,20). The molecule has 5 heteroatoms. The SMILES string of the molecule is C#Cc1cccc(-c2cc(N(C)C)c3ncnc(N)c3n2)c1. The van der Waals surface area contributed by atoms with Gasteiger partial charge in [-0.25, -0.2) is 15.0 Å². The van der Waals surface area contributed by atoms with E-state index in [4.69, 9.17) is 12.2 Å². The fraction of sp³-hybridized carbons (Fsp3) is 0.118. The Balaban J connectivity index is 2.31. The smallest absolute Gasteiger partial charge is 0.153 e. The molecule has 22 heavy (non-hydrogen) atoms. The minimum absolute atomic E-state index is 0.364. The lowest BCUT2D eigenvalue weighted by Crippen LogP contribution is -2.11. The number of pyridine rings is 1. The molecule has 0 bridgehead atoms. The molecule has 2 N–H and O–H groups in total. The zero-order chi connectivity index (χ0) is 15.7. The van der Waals surface area contributed by atoms with Gasteiger partial charge in [-0.1, -0.05) is 18.1 Å². The Morgan fingerprint density at radius 3 is 2.68 bits per heavy atom. The van der Waals surface area contributed by atoms with Crippen LogP contribution in [0.3, 0.4) is 0 Å². The summed E-state index contributed by atoms with van der Waals surface area (Å²) in [6.07, 6.45) is 6.92. The molecular weight excluding hydrogens is 274 g/mol. The maximum atomic E-state index is 5.96. The van der Waals surface area contributed by atoms with Crippen LogP contribution in [-0.2, 0) is 0 Å². The number of nitrogen functional groups attached to an aromatic ring is 1. The summed E-state index contributed by atoms with van der Waals surface area (Å²) in [5, 5.41) is 0. The highest BCUT2D eigenvalue weighted by atomic mass is 15.1. The first kappa shape index (κ1) is 13.8. The molecule has 0 saturated heterocycles. The van der Waals surface area contributed by atoms with E-state index in [-0.39, 0.29) is 0 Å². The molecule has 0 aliphatic rings. The van der Waals surface area contributed by atoms with Crippen LogP contribution in [0.25, 0.3) is 22.3 Å². The molecule has 0 atom stereocenters. The van der Waals surface area contributed by atoms with Crippen molar-refractivity contribution in [3.63, 3.8) is 0 Å². The first-order valence-electron chi connectivity index (χ1n) is 6.75. The van der Waals surface area contributed by atoms with Gasteiger partial charge in [-0.2, -0.15) is 0 Å². The maximum Gasteiger partial charge on any atom is 0.153 e. The molecule has 3 rings (SSSR count). The van der Waals surface area contributed by atoms with Gasteiger partial charge in [0.2, 0.25) is 0 Å². The molecule has 0 amide bonds. The van der Waals surface area contributed by atoms with Gasteiger partial charge in [0.05, 0.1) is 11.4 Å². The average Bonchev–Trinajstić information content (AvgIpc) is 2.54. The number of hydrogen-bond donors (Lipinski definition) is 1. The third kappa shape index (κ3) is 2.31. The molecule has 0 spiro atoms. The monoisotopic (exact) mass is 289 g/mol. The van der Waals surface area contributed by atoms with Crippen LogP contribution in [-0.4, -0.2) is 29.0 Å². The van der Waals surface area contributed by atoms with Crippen molar-refractivity contribution >= 4 is 22.5 Å². The Morgan fingerprint density at radius 1 is 1.14 bits per heavy atom. The molecule has 5 nitrogen and oxygen atoms in total. The Kier molecular flexibility index (Phi) is 3.36. The first-order chi connectivity index (χ1) is 10.6. The molecule has 0 unspecified atom stereocenters. The lowest BCUT2D eigenvalue weighted by molar-refractivity contribution is 1.12. The van der Waals surface area contributed by atoms with Crippen LogP contribution in [0.2, 0.25) is 0 Å². The second-order valence-electron chi connectivity index (χ2n) is 5.10. The van der Waals surface area contributed by atoms with Crippen molar-refractivity contribution in [2.24, 2.45) is 0 Å². The molecule has 0 aliphatic carbocycles. The Labute approximate surface area is 128 Å². The first-order valence-corrected chi connectivity index (χ1v) is 6.75. The van der Waals surface area contributed by atoms with Crippen LogP contribution in [0, 0.1) is 12.3 Å². The molecular formula is C17H15N5. The van der Waals surface area contributed by atoms with Crippen molar-refractivity contribution in [1.29, 1.82) is 0 Å². The topological polar surface area (TPSA) is 67.9 Å². The van der Waals surface area contributed by atoms with Crippen molar-refractivity contribution in [3.8, 4) is 23.6 Å². The second kappa shape index (κ2) is 5.34. The predicted octanol–water partition coefficient (Wildman–Crippen LogP) is 2.32. The third-order valence-corrected chi connectivity index (χ3v) is 3.41. The molecule has 2 aromatic heterocycles. The number of aromatic nitrogens is 3. The largest absolute Gasteiger partial charge is 0.382 e. The highest BCUT2D eigenvalue weighted by Gasteiger charge is 2.13. The number of rotatable bonds is 2. The molecule has 0 radical (unpaired) electrons. The van der Waals surface area contributed by atoms with Crippen LogP contribution < -0.4 is 10.6 Å². The van der Waals surface area contributed by atoms with Gasteiger partial charge in [0.1, 0.15) is 17.4 Å². The summed E-state index contributed by atoms with van der Waals surface area (Å²) in [6.45, 7) is 0. The zero-order valence-electron chi connectivity index (χ0n) is 12.4. The van der Waals surface area contributed by atoms with Crippen LogP contribution in [0.1, 0.15) is 5.56 Å². The Bertz CT molecular complexity index is 893. The third-order valence-electron chi connectivity index (χ3n) is 3.41. The van der Waals surface area contributed by atoms with Gasteiger partial charge in [0.15, 0.2) is 5.82 Å². The van der Waals surface area contributed by atoms with Gasteiger partial charge in [-0.3, -0.25) is 0 Å². The number of terminal acetylenes is 1. The highest BCUT2D eigenvalue weighted by Crippen LogP contribution is 2.30. The van der Waals surface area contributed by atoms with Gasteiger partial charge < -0.3 is 10.6 Å². The quantitative estimate of drug-likeness (QED) is 0.733. The van der Waals surface area contributed by atoms with Crippen LogP contribution >= 0.6 is 0 Å². The van der Waals surface area contributed by atoms with Crippen molar-refractivity contribution in [1.82, 2.24) is 15.0 Å². The van der Waals surface area contributed by atoms with Crippen molar-refractivity contribution in [2.45, 2.75) is 0 Å². The number of nitrogens with two attached hydrogens (primary N) is 1. The van der Waals surface area contributed by atoms with E-state index in [9.17, 15) is 0 Å². The zero-order valence-corrected chi connectivity index (χ0v) is 12.4. The van der Waals surface area contributed by atoms with E-state index in [0.717, 1.165) is 28.0 Å². The summed E-state index contributed by atoms with van der Waals surface area (Å²) >= 11 is 0. The van der Waals surface area contributed by atoms with Gasteiger partial charge in [-0.05, 0) is 18.2 Å². The number of fused-ring (bicyclic) bond motifs is 1. The van der Waals surface area contributed by atoms with E-state index in [1.165, 1.54) is 6.33 Å². The second-order valence-corrected chi connectivity index (χ2v) is 5.10. The lowest BCUT2D eigenvalue weighted by atomic mass is 10.1.